The third kappa shape index (κ3) is 12.8. The first kappa shape index (κ1) is 21.0. The minimum atomic E-state index is -5.09. The van der Waals surface area contributed by atoms with Crippen molar-refractivity contribution in [2.45, 2.75) is 26.7 Å². The van der Waals surface area contributed by atoms with Crippen molar-refractivity contribution < 1.29 is 32.6 Å². The second-order valence-corrected chi connectivity index (χ2v) is 7.19. The highest BCUT2D eigenvalue weighted by atomic mass is 31.3. The van der Waals surface area contributed by atoms with Gasteiger partial charge in [-0.3, -0.25) is 4.52 Å². The van der Waals surface area contributed by atoms with Gasteiger partial charge in [0.2, 0.25) is 0 Å². The van der Waals surface area contributed by atoms with Gasteiger partial charge in [0.05, 0.1) is 6.61 Å². The van der Waals surface area contributed by atoms with Crippen molar-refractivity contribution in [3.05, 3.63) is 33.7 Å². The molecule has 0 radical (unpaired) electrons. The Morgan fingerprint density at radius 2 is 1.86 bits per heavy atom. The molecule has 0 aromatic heterocycles. The zero-order valence-electron chi connectivity index (χ0n) is 12.2. The average Bonchev–Trinajstić information content (AvgIpc) is 2.33. The predicted molar refractivity (Wildman–Crippen MR) is 79.7 cm³/mol. The van der Waals surface area contributed by atoms with Crippen molar-refractivity contribution in [1.29, 1.82) is 0 Å². The Labute approximate surface area is 127 Å². The lowest BCUT2D eigenvalue weighted by molar-refractivity contribution is 0.191. The van der Waals surface area contributed by atoms with E-state index in [0.717, 1.165) is 11.1 Å². The molecule has 1 unspecified atom stereocenters. The fourth-order valence-corrected chi connectivity index (χ4v) is 2.81. The number of nitrogens with zero attached hydrogens (tertiary/aromatic N) is 3. The SMILES string of the molecule is C/C(=C\COP(=O)(O)OP(=O)(O)O)CC/C=C(\C)CN=[N+]=[N-]. The molecule has 0 saturated heterocycles. The van der Waals surface area contributed by atoms with Crippen molar-refractivity contribution in [2.75, 3.05) is 13.2 Å². The lowest BCUT2D eigenvalue weighted by atomic mass is 10.1. The highest BCUT2D eigenvalue weighted by Gasteiger charge is 2.31. The van der Waals surface area contributed by atoms with Crippen molar-refractivity contribution >= 4 is 15.6 Å². The van der Waals surface area contributed by atoms with Crippen LogP contribution in [0.5, 0.6) is 0 Å². The summed E-state index contributed by atoms with van der Waals surface area (Å²) in [6, 6.07) is 0. The average molecular weight is 355 g/mol. The Balaban J connectivity index is 4.21. The maximum absolute atomic E-state index is 11.2. The van der Waals surface area contributed by atoms with Gasteiger partial charge in [0.1, 0.15) is 0 Å². The zero-order valence-corrected chi connectivity index (χ0v) is 14.0. The molecule has 12 heteroatoms. The summed E-state index contributed by atoms with van der Waals surface area (Å²) in [4.78, 5) is 28.5. The standard InChI is InChI=1S/C10H19N3O7P2/c1-9(4-3-5-10(2)8-12-13-11)6-7-19-22(17,18)20-21(14,15)16/h5-6H,3-4,7-8H2,1-2H3,(H,17,18)(H2,14,15,16)/b9-6+,10-5+. The minimum Gasteiger partial charge on any atom is -0.302 e. The Kier molecular flexibility index (Phi) is 9.51. The van der Waals surface area contributed by atoms with Crippen LogP contribution in [0.2, 0.25) is 0 Å². The molecule has 0 aliphatic heterocycles. The quantitative estimate of drug-likeness (QED) is 0.178. The van der Waals surface area contributed by atoms with Crippen LogP contribution in [0, 0.1) is 0 Å². The van der Waals surface area contributed by atoms with Crippen LogP contribution in [-0.4, -0.2) is 27.8 Å². The van der Waals surface area contributed by atoms with E-state index in [9.17, 15) is 9.13 Å². The maximum atomic E-state index is 11.2. The van der Waals surface area contributed by atoms with Crippen LogP contribution in [0.25, 0.3) is 10.4 Å². The van der Waals surface area contributed by atoms with Crippen molar-refractivity contribution in [3.63, 3.8) is 0 Å². The molecule has 0 aliphatic carbocycles. The molecule has 0 amide bonds. The van der Waals surface area contributed by atoms with Gasteiger partial charge < -0.3 is 14.7 Å². The van der Waals surface area contributed by atoms with Gasteiger partial charge >= 0.3 is 15.6 Å². The number of hydrogen-bond donors (Lipinski definition) is 3. The van der Waals surface area contributed by atoms with Crippen LogP contribution in [-0.2, 0) is 18.0 Å². The van der Waals surface area contributed by atoms with E-state index in [-0.39, 0.29) is 6.61 Å². The molecular weight excluding hydrogens is 336 g/mol. The first-order valence-corrected chi connectivity index (χ1v) is 9.14. The molecule has 0 rings (SSSR count). The van der Waals surface area contributed by atoms with E-state index in [1.807, 2.05) is 13.0 Å². The molecular formula is C10H19N3O7P2. The monoisotopic (exact) mass is 355 g/mol. The maximum Gasteiger partial charge on any atom is 0.481 e. The van der Waals surface area contributed by atoms with Gasteiger partial charge in [0.25, 0.3) is 0 Å². The van der Waals surface area contributed by atoms with Crippen LogP contribution < -0.4 is 0 Å². The highest BCUT2D eigenvalue weighted by molar-refractivity contribution is 7.60. The van der Waals surface area contributed by atoms with Crippen LogP contribution in [0.4, 0.5) is 0 Å². The molecule has 0 aromatic rings. The summed E-state index contributed by atoms with van der Waals surface area (Å²) in [6.07, 6.45) is 4.74. The largest absolute Gasteiger partial charge is 0.481 e. The van der Waals surface area contributed by atoms with Gasteiger partial charge in [-0.1, -0.05) is 28.4 Å². The molecule has 0 bridgehead atoms. The van der Waals surface area contributed by atoms with E-state index >= 15 is 0 Å². The van der Waals surface area contributed by atoms with Crippen LogP contribution in [0.3, 0.4) is 0 Å². The van der Waals surface area contributed by atoms with Crippen molar-refractivity contribution in [2.24, 2.45) is 5.11 Å². The van der Waals surface area contributed by atoms with E-state index in [1.54, 1.807) is 6.92 Å². The van der Waals surface area contributed by atoms with Gasteiger partial charge in [-0.2, -0.15) is 4.31 Å². The number of phosphoric ester groups is 1. The Morgan fingerprint density at radius 3 is 2.41 bits per heavy atom. The van der Waals surface area contributed by atoms with E-state index in [2.05, 4.69) is 18.9 Å². The number of phosphoric acid groups is 2. The number of allylic oxidation sites excluding steroid dienone is 2. The molecule has 126 valence electrons. The molecule has 0 spiro atoms. The van der Waals surface area contributed by atoms with Gasteiger partial charge in [-0.15, -0.1) is 0 Å². The number of rotatable bonds is 10. The summed E-state index contributed by atoms with van der Waals surface area (Å²) >= 11 is 0. The van der Waals surface area contributed by atoms with Crippen molar-refractivity contribution in [3.8, 4) is 0 Å². The third-order valence-electron chi connectivity index (χ3n) is 2.29. The fraction of sp³-hybridized carbons (Fsp3) is 0.600. The molecule has 0 aliphatic rings. The van der Waals surface area contributed by atoms with Gasteiger partial charge in [-0.05, 0) is 32.2 Å². The van der Waals surface area contributed by atoms with Crippen LogP contribution >= 0.6 is 15.6 Å². The smallest absolute Gasteiger partial charge is 0.302 e. The van der Waals surface area contributed by atoms with E-state index in [4.69, 9.17) is 20.2 Å². The molecule has 0 fully saturated rings. The fourth-order valence-electron chi connectivity index (χ4n) is 1.29. The zero-order chi connectivity index (χ0) is 17.2. The number of azide groups is 1. The summed E-state index contributed by atoms with van der Waals surface area (Å²) < 4.78 is 29.6. The van der Waals surface area contributed by atoms with E-state index < -0.39 is 15.6 Å². The Bertz CT molecular complexity index is 563. The van der Waals surface area contributed by atoms with E-state index in [0.29, 0.717) is 19.4 Å². The summed E-state index contributed by atoms with van der Waals surface area (Å²) in [5.41, 5.74) is 9.95. The normalized spacial score (nSPS) is 16.0. The number of hydrogen-bond acceptors (Lipinski definition) is 5. The second-order valence-electron chi connectivity index (χ2n) is 4.37. The first-order chi connectivity index (χ1) is 10.1. The van der Waals surface area contributed by atoms with Gasteiger partial charge in [0.15, 0.2) is 0 Å². The molecule has 10 nitrogen and oxygen atoms in total. The molecule has 1 atom stereocenters. The van der Waals surface area contributed by atoms with Crippen LogP contribution in [0.15, 0.2) is 28.4 Å². The predicted octanol–water partition coefficient (Wildman–Crippen LogP) is 3.20. The molecule has 0 aromatic carbocycles. The summed E-state index contributed by atoms with van der Waals surface area (Å²) in [7, 11) is -9.88. The highest BCUT2D eigenvalue weighted by Crippen LogP contribution is 2.57. The first-order valence-electron chi connectivity index (χ1n) is 6.12. The lowest BCUT2D eigenvalue weighted by Crippen LogP contribution is -1.94. The third-order valence-corrected chi connectivity index (χ3v) is 4.45. The lowest BCUT2D eigenvalue weighted by Gasteiger charge is -2.11. The topological polar surface area (TPSA) is 162 Å². The Morgan fingerprint density at radius 1 is 1.23 bits per heavy atom. The Hall–Kier alpha value is -0.950. The summed E-state index contributed by atoms with van der Waals surface area (Å²) in [6.45, 7) is 3.58. The minimum absolute atomic E-state index is 0.301. The summed E-state index contributed by atoms with van der Waals surface area (Å²) in [5.74, 6) is 0. The second kappa shape index (κ2) is 9.94. The molecule has 22 heavy (non-hydrogen) atoms. The van der Waals surface area contributed by atoms with E-state index in [1.165, 1.54) is 6.08 Å². The molecule has 0 heterocycles. The molecule has 3 N–H and O–H groups in total. The van der Waals surface area contributed by atoms with Gasteiger partial charge in [-0.25, -0.2) is 9.13 Å². The van der Waals surface area contributed by atoms with Gasteiger partial charge in [0, 0.05) is 11.5 Å². The summed E-state index contributed by atoms with van der Waals surface area (Å²) in [5, 5.41) is 3.42. The molecule has 0 saturated carbocycles. The van der Waals surface area contributed by atoms with Crippen LogP contribution in [0.1, 0.15) is 26.7 Å². The van der Waals surface area contributed by atoms with Crippen molar-refractivity contribution in [1.82, 2.24) is 0 Å².